The van der Waals surface area contributed by atoms with Crippen molar-refractivity contribution in [2.75, 3.05) is 14.2 Å². The van der Waals surface area contributed by atoms with E-state index in [0.29, 0.717) is 6.04 Å². The molecule has 5 heteroatoms. The zero-order valence-electron chi connectivity index (χ0n) is 12.4. The lowest BCUT2D eigenvalue weighted by molar-refractivity contribution is 0.354. The largest absolute Gasteiger partial charge is 0.493 e. The summed E-state index contributed by atoms with van der Waals surface area (Å²) in [7, 11) is 3.35. The van der Waals surface area contributed by atoms with Crippen LogP contribution in [0.4, 0.5) is 0 Å². The molecule has 0 saturated heterocycles. The van der Waals surface area contributed by atoms with E-state index in [-0.39, 0.29) is 0 Å². The van der Waals surface area contributed by atoms with E-state index in [2.05, 4.69) is 22.4 Å². The zero-order chi connectivity index (χ0) is 14.7. The van der Waals surface area contributed by atoms with Crippen LogP contribution in [-0.2, 0) is 13.0 Å². The molecular formula is C16H20N2O2S. The smallest absolute Gasteiger partial charge is 0.161 e. The number of nitrogens with zero attached hydrogens (tertiary/aromatic N) is 1. The highest BCUT2D eigenvalue weighted by Gasteiger charge is 2.21. The quantitative estimate of drug-likeness (QED) is 0.854. The molecule has 0 spiro atoms. The van der Waals surface area contributed by atoms with Crippen molar-refractivity contribution in [2.24, 2.45) is 0 Å². The molecule has 3 rings (SSSR count). The highest BCUT2D eigenvalue weighted by Crippen LogP contribution is 2.32. The lowest BCUT2D eigenvalue weighted by Crippen LogP contribution is -2.17. The number of nitrogens with one attached hydrogen (secondary N) is 1. The molecule has 0 radical (unpaired) electrons. The van der Waals surface area contributed by atoms with Crippen molar-refractivity contribution in [3.63, 3.8) is 0 Å². The van der Waals surface area contributed by atoms with Gasteiger partial charge in [0.05, 0.1) is 19.2 Å². The van der Waals surface area contributed by atoms with E-state index < -0.39 is 0 Å². The molecule has 1 saturated carbocycles. The van der Waals surface area contributed by atoms with Crippen molar-refractivity contribution in [2.45, 2.75) is 31.8 Å². The van der Waals surface area contributed by atoms with Crippen LogP contribution in [-0.4, -0.2) is 25.2 Å². The third kappa shape index (κ3) is 3.54. The van der Waals surface area contributed by atoms with Crippen molar-refractivity contribution in [3.8, 4) is 11.5 Å². The highest BCUT2D eigenvalue weighted by molar-refractivity contribution is 7.09. The van der Waals surface area contributed by atoms with Crippen LogP contribution in [0.15, 0.2) is 23.7 Å². The molecule has 112 valence electrons. The predicted octanol–water partition coefficient (Wildman–Crippen LogP) is 3.00. The summed E-state index contributed by atoms with van der Waals surface area (Å²) in [6, 6.07) is 4.84. The van der Waals surface area contributed by atoms with Crippen LogP contribution in [0.1, 0.15) is 29.0 Å². The molecule has 0 amide bonds. The fraction of sp³-hybridized carbons (Fsp3) is 0.438. The van der Waals surface area contributed by atoms with Crippen LogP contribution >= 0.6 is 11.3 Å². The normalized spacial score (nSPS) is 14.2. The van der Waals surface area contributed by atoms with E-state index in [1.165, 1.54) is 24.0 Å². The highest BCUT2D eigenvalue weighted by atomic mass is 32.1. The van der Waals surface area contributed by atoms with Crippen molar-refractivity contribution in [1.29, 1.82) is 0 Å². The molecule has 1 heterocycles. The first-order valence-corrected chi connectivity index (χ1v) is 8.03. The van der Waals surface area contributed by atoms with Gasteiger partial charge in [0.15, 0.2) is 11.5 Å². The number of hydrogen-bond acceptors (Lipinski definition) is 5. The molecule has 0 bridgehead atoms. The number of benzene rings is 1. The molecule has 1 aromatic heterocycles. The first kappa shape index (κ1) is 14.4. The topological polar surface area (TPSA) is 43.4 Å². The molecule has 0 atom stereocenters. The van der Waals surface area contributed by atoms with E-state index in [1.807, 2.05) is 11.6 Å². The number of ether oxygens (including phenoxy) is 2. The van der Waals surface area contributed by atoms with Gasteiger partial charge in [-0.25, -0.2) is 4.98 Å². The average molecular weight is 304 g/mol. The molecule has 1 fully saturated rings. The molecule has 21 heavy (non-hydrogen) atoms. The number of aromatic nitrogens is 1. The Kier molecular flexibility index (Phi) is 4.41. The summed E-state index contributed by atoms with van der Waals surface area (Å²) in [5, 5.41) is 6.70. The molecule has 1 aliphatic rings. The van der Waals surface area contributed by atoms with Gasteiger partial charge in [0, 0.05) is 30.6 Å². The summed E-state index contributed by atoms with van der Waals surface area (Å²) in [5.74, 6) is 1.56. The van der Waals surface area contributed by atoms with Crippen LogP contribution in [0.25, 0.3) is 0 Å². The third-order valence-corrected chi connectivity index (χ3v) is 4.47. The van der Waals surface area contributed by atoms with Crippen LogP contribution in [0, 0.1) is 0 Å². The fourth-order valence-electron chi connectivity index (χ4n) is 2.34. The van der Waals surface area contributed by atoms with Gasteiger partial charge in [0.2, 0.25) is 0 Å². The van der Waals surface area contributed by atoms with Crippen LogP contribution < -0.4 is 14.8 Å². The Labute approximate surface area is 129 Å². The molecule has 1 aromatic carbocycles. The van der Waals surface area contributed by atoms with Crippen molar-refractivity contribution >= 4 is 11.3 Å². The molecule has 0 aliphatic heterocycles. The second-order valence-electron chi connectivity index (χ2n) is 5.23. The minimum absolute atomic E-state index is 0.686. The number of thiazole rings is 1. The van der Waals surface area contributed by atoms with E-state index >= 15 is 0 Å². The molecular weight excluding hydrogens is 284 g/mol. The van der Waals surface area contributed by atoms with E-state index in [1.54, 1.807) is 25.6 Å². The molecule has 1 aliphatic carbocycles. The second kappa shape index (κ2) is 6.45. The zero-order valence-corrected chi connectivity index (χ0v) is 13.2. The summed E-state index contributed by atoms with van der Waals surface area (Å²) in [6.45, 7) is 0.867. The maximum absolute atomic E-state index is 5.43. The van der Waals surface area contributed by atoms with Gasteiger partial charge >= 0.3 is 0 Å². The standard InChI is InChI=1S/C16H20N2O2S/c1-19-14-7-11(9-16-17-5-6-21-16)12(8-15(14)20-2)10-18-13-3-4-13/h5-8,13,18H,3-4,9-10H2,1-2H3. The van der Waals surface area contributed by atoms with E-state index in [9.17, 15) is 0 Å². The minimum atomic E-state index is 0.686. The summed E-state index contributed by atoms with van der Waals surface area (Å²) >= 11 is 1.68. The Bertz CT molecular complexity index is 595. The Hall–Kier alpha value is -1.59. The maximum atomic E-state index is 5.43. The molecule has 4 nitrogen and oxygen atoms in total. The Morgan fingerprint density at radius 2 is 1.90 bits per heavy atom. The average Bonchev–Trinajstić information content (AvgIpc) is 3.20. The van der Waals surface area contributed by atoms with Crippen molar-refractivity contribution in [3.05, 3.63) is 39.8 Å². The SMILES string of the molecule is COc1cc(CNC2CC2)c(Cc2nccs2)cc1OC. The van der Waals surface area contributed by atoms with Gasteiger partial charge in [-0.2, -0.15) is 0 Å². The fourth-order valence-corrected chi connectivity index (χ4v) is 2.98. The van der Waals surface area contributed by atoms with E-state index in [0.717, 1.165) is 29.5 Å². The molecule has 1 N–H and O–H groups in total. The summed E-state index contributed by atoms with van der Waals surface area (Å²) in [5.41, 5.74) is 2.51. The summed E-state index contributed by atoms with van der Waals surface area (Å²) in [4.78, 5) is 4.38. The first-order chi connectivity index (χ1) is 10.3. The summed E-state index contributed by atoms with van der Waals surface area (Å²) in [6.07, 6.45) is 5.26. The van der Waals surface area contributed by atoms with Crippen LogP contribution in [0.5, 0.6) is 11.5 Å². The van der Waals surface area contributed by atoms with Crippen molar-refractivity contribution in [1.82, 2.24) is 10.3 Å². The third-order valence-electron chi connectivity index (χ3n) is 3.69. The predicted molar refractivity (Wildman–Crippen MR) is 84.3 cm³/mol. The molecule has 2 aromatic rings. The van der Waals surface area contributed by atoms with Gasteiger partial charge < -0.3 is 14.8 Å². The molecule has 0 unspecified atom stereocenters. The van der Waals surface area contributed by atoms with Gasteiger partial charge in [-0.1, -0.05) is 0 Å². The van der Waals surface area contributed by atoms with Crippen LogP contribution in [0.3, 0.4) is 0 Å². The van der Waals surface area contributed by atoms with Gasteiger partial charge in [-0.15, -0.1) is 11.3 Å². The lowest BCUT2D eigenvalue weighted by atomic mass is 10.0. The Morgan fingerprint density at radius 3 is 2.48 bits per heavy atom. The maximum Gasteiger partial charge on any atom is 0.161 e. The number of methoxy groups -OCH3 is 2. The number of hydrogen-bond donors (Lipinski definition) is 1. The minimum Gasteiger partial charge on any atom is -0.493 e. The van der Waals surface area contributed by atoms with Gasteiger partial charge in [0.25, 0.3) is 0 Å². The van der Waals surface area contributed by atoms with Crippen molar-refractivity contribution < 1.29 is 9.47 Å². The lowest BCUT2D eigenvalue weighted by Gasteiger charge is -2.15. The number of rotatable bonds is 7. The summed E-state index contributed by atoms with van der Waals surface area (Å²) < 4.78 is 10.9. The van der Waals surface area contributed by atoms with E-state index in [4.69, 9.17) is 9.47 Å². The second-order valence-corrected chi connectivity index (χ2v) is 6.21. The monoisotopic (exact) mass is 304 g/mol. The Morgan fingerprint density at radius 1 is 1.19 bits per heavy atom. The Balaban J connectivity index is 1.88. The van der Waals surface area contributed by atoms with Crippen LogP contribution in [0.2, 0.25) is 0 Å². The van der Waals surface area contributed by atoms with Gasteiger partial charge in [-0.05, 0) is 36.1 Å². The van der Waals surface area contributed by atoms with Gasteiger partial charge in [-0.3, -0.25) is 0 Å². The first-order valence-electron chi connectivity index (χ1n) is 7.15. The van der Waals surface area contributed by atoms with Gasteiger partial charge in [0.1, 0.15) is 0 Å².